The van der Waals surface area contributed by atoms with Crippen molar-refractivity contribution in [2.45, 2.75) is 50.7 Å². The maximum Gasteiger partial charge on any atom is 0.326 e. The van der Waals surface area contributed by atoms with E-state index in [1.165, 1.54) is 49.0 Å². The number of carboxylic acid groups (broad SMARTS) is 1. The number of aryl methyl sites for hydroxylation is 1. The van der Waals surface area contributed by atoms with Gasteiger partial charge >= 0.3 is 5.97 Å². The molecule has 0 spiro atoms. The summed E-state index contributed by atoms with van der Waals surface area (Å²) < 4.78 is 0. The third-order valence-electron chi connectivity index (χ3n) is 9.70. The van der Waals surface area contributed by atoms with Crippen LogP contribution < -0.4 is 27.0 Å². The molecule has 57 heavy (non-hydrogen) atoms. The van der Waals surface area contributed by atoms with E-state index >= 15 is 0 Å². The van der Waals surface area contributed by atoms with Gasteiger partial charge in [0.1, 0.15) is 29.6 Å². The Morgan fingerprint density at radius 3 is 2.16 bits per heavy atom. The molecule has 1 heterocycles. The molecule has 5 amide bonds. The number of nitrogens with two attached hydrogens (primary N) is 1. The van der Waals surface area contributed by atoms with Crippen LogP contribution in [-0.2, 0) is 36.8 Å². The van der Waals surface area contributed by atoms with E-state index < -0.39 is 66.7 Å². The van der Waals surface area contributed by atoms with E-state index in [9.17, 15) is 44.1 Å². The van der Waals surface area contributed by atoms with Gasteiger partial charge in [0, 0.05) is 36.7 Å². The Morgan fingerprint density at radius 2 is 1.51 bits per heavy atom. The van der Waals surface area contributed by atoms with Gasteiger partial charge in [-0.1, -0.05) is 61.9 Å². The van der Waals surface area contributed by atoms with Crippen LogP contribution in [0.2, 0.25) is 0 Å². The number of unbranched alkanes of at least 4 members (excludes halogenated alkanes) is 1. The molecular weight excluding hydrogens is 732 g/mol. The average molecular weight is 779 g/mol. The molecule has 15 heteroatoms. The molecule has 15 nitrogen and oxygen atoms in total. The van der Waals surface area contributed by atoms with Gasteiger partial charge in [-0.05, 0) is 77.1 Å². The van der Waals surface area contributed by atoms with Gasteiger partial charge in [0.15, 0.2) is 0 Å². The van der Waals surface area contributed by atoms with Crippen LogP contribution >= 0.6 is 0 Å². The molecule has 0 saturated heterocycles. The zero-order chi connectivity index (χ0) is 41.2. The second-order valence-electron chi connectivity index (χ2n) is 13.8. The Kier molecular flexibility index (Phi) is 13.6. The first kappa shape index (κ1) is 41.4. The summed E-state index contributed by atoms with van der Waals surface area (Å²) in [4.78, 5) is 78.5. The molecule has 0 aliphatic carbocycles. The van der Waals surface area contributed by atoms with Crippen LogP contribution in [0.25, 0.3) is 22.3 Å². The molecule has 1 aliphatic heterocycles. The second kappa shape index (κ2) is 18.7. The predicted octanol–water partition coefficient (Wildman–Crippen LogP) is 2.39. The lowest BCUT2D eigenvalue weighted by Crippen LogP contribution is -2.52. The maximum absolute atomic E-state index is 13.6. The Bertz CT molecular complexity index is 2140. The molecule has 9 N–H and O–H groups in total. The molecule has 0 aromatic heterocycles. The first-order valence-electron chi connectivity index (χ1n) is 18.5. The normalized spacial score (nSPS) is 15.9. The Morgan fingerprint density at radius 1 is 0.877 bits per heavy atom. The highest BCUT2D eigenvalue weighted by atomic mass is 16.4. The Balaban J connectivity index is 1.23. The van der Waals surface area contributed by atoms with Crippen molar-refractivity contribution < 1.29 is 44.1 Å². The number of fused-ring (bicyclic) bond motifs is 5. The molecule has 0 radical (unpaired) electrons. The highest BCUT2D eigenvalue weighted by molar-refractivity contribution is 5.96. The van der Waals surface area contributed by atoms with E-state index in [1.807, 2.05) is 24.3 Å². The molecule has 1 aliphatic rings. The monoisotopic (exact) mass is 778 g/mol. The molecule has 5 rings (SSSR count). The van der Waals surface area contributed by atoms with Crippen LogP contribution in [0.4, 0.5) is 0 Å². The number of hydrogen-bond acceptors (Lipinski definition) is 9. The second-order valence-corrected chi connectivity index (χ2v) is 13.8. The summed E-state index contributed by atoms with van der Waals surface area (Å²) in [5.74, 6) is -5.45. The van der Waals surface area contributed by atoms with E-state index in [4.69, 9.17) is 5.73 Å². The lowest BCUT2D eigenvalue weighted by molar-refractivity contribution is -0.142. The SMILES string of the molecule is CCCCc1ccc(-c2ccc(C(=O)NCC(N)C(=O)NCC(=O)N(C)C3C(=O)NCC(=O)N[C@H](C(=O)O)Cc4ccc(O)c(c4)-c4cc3ccc4O)cc2)cc1. The third kappa shape index (κ3) is 10.5. The summed E-state index contributed by atoms with van der Waals surface area (Å²) in [6, 6.07) is 19.6. The van der Waals surface area contributed by atoms with Crippen LogP contribution in [0, 0.1) is 0 Å². The van der Waals surface area contributed by atoms with E-state index in [-0.39, 0.29) is 41.2 Å². The van der Waals surface area contributed by atoms with Gasteiger partial charge in [-0.2, -0.15) is 0 Å². The van der Waals surface area contributed by atoms with Crippen LogP contribution in [0.15, 0.2) is 84.9 Å². The van der Waals surface area contributed by atoms with E-state index in [2.05, 4.69) is 40.3 Å². The molecule has 0 fully saturated rings. The standard InChI is InChI=1S/C42H46N6O9/c1-3-4-5-24-6-9-26(10-7-24)27-11-13-28(14-12-27)39(53)44-21-32(43)40(54)46-23-37(52)48(2)38-29-15-17-35(50)31(20-29)30-18-25(8-16-34(30)49)19-33(42(56)57)47-36(51)22-45-41(38)55/h6-18,20,32-33,38,49-50H,3-5,19,21-23,43H2,1-2H3,(H,44,53)(H,45,55)(H,46,54)(H,47,51)(H,56,57)/t32?,33-,38?/m0/s1. The average Bonchev–Trinajstić information content (AvgIpc) is 3.21. The molecule has 298 valence electrons. The maximum atomic E-state index is 13.6. The molecule has 2 unspecified atom stereocenters. The topological polar surface area (TPSA) is 240 Å². The quantitative estimate of drug-likeness (QED) is 0.104. The lowest BCUT2D eigenvalue weighted by atomic mass is 9.94. The van der Waals surface area contributed by atoms with E-state index in [1.54, 1.807) is 12.1 Å². The number of aliphatic carboxylic acids is 1. The number of rotatable bonds is 12. The fourth-order valence-corrected chi connectivity index (χ4v) is 6.38. The number of phenols is 2. The van der Waals surface area contributed by atoms with Crippen molar-refractivity contribution in [1.82, 2.24) is 26.2 Å². The Labute approximate surface area is 329 Å². The summed E-state index contributed by atoms with van der Waals surface area (Å²) >= 11 is 0. The zero-order valence-corrected chi connectivity index (χ0v) is 31.6. The van der Waals surface area contributed by atoms with Crippen LogP contribution in [-0.4, -0.2) is 94.5 Å². The zero-order valence-electron chi connectivity index (χ0n) is 31.6. The summed E-state index contributed by atoms with van der Waals surface area (Å²) in [5, 5.41) is 41.0. The minimum atomic E-state index is -1.42. The number of hydrogen-bond donors (Lipinski definition) is 8. The van der Waals surface area contributed by atoms with Crippen molar-refractivity contribution in [3.8, 4) is 33.8 Å². The van der Waals surface area contributed by atoms with Crippen LogP contribution in [0.1, 0.15) is 52.9 Å². The lowest BCUT2D eigenvalue weighted by Gasteiger charge is -2.29. The summed E-state index contributed by atoms with van der Waals surface area (Å²) in [7, 11) is 1.29. The number of benzene rings is 4. The first-order valence-corrected chi connectivity index (χ1v) is 18.5. The number of carbonyl (C=O) groups is 6. The Hall–Kier alpha value is -6.74. The fourth-order valence-electron chi connectivity index (χ4n) is 6.38. The molecular formula is C42H46N6O9. The van der Waals surface area contributed by atoms with Gasteiger partial charge in [0.2, 0.25) is 23.6 Å². The summed E-state index contributed by atoms with van der Waals surface area (Å²) in [6.45, 7) is 0.689. The highest BCUT2D eigenvalue weighted by Gasteiger charge is 2.31. The number of amides is 5. The molecule has 0 saturated carbocycles. The van der Waals surface area contributed by atoms with Crippen molar-refractivity contribution in [3.05, 3.63) is 107 Å². The third-order valence-corrected chi connectivity index (χ3v) is 9.70. The smallest absolute Gasteiger partial charge is 0.326 e. The highest BCUT2D eigenvalue weighted by Crippen LogP contribution is 2.38. The number of carboxylic acids is 1. The van der Waals surface area contributed by atoms with Gasteiger partial charge in [0.25, 0.3) is 5.91 Å². The number of aromatic hydroxyl groups is 2. The van der Waals surface area contributed by atoms with Crippen molar-refractivity contribution >= 4 is 35.5 Å². The van der Waals surface area contributed by atoms with Crippen LogP contribution in [0.3, 0.4) is 0 Å². The number of phenolic OH excluding ortho intramolecular Hbond substituents is 2. The van der Waals surface area contributed by atoms with Gasteiger partial charge in [0.05, 0.1) is 13.1 Å². The van der Waals surface area contributed by atoms with Gasteiger partial charge in [-0.25, -0.2) is 4.79 Å². The minimum Gasteiger partial charge on any atom is -0.507 e. The van der Waals surface area contributed by atoms with Crippen molar-refractivity contribution in [1.29, 1.82) is 0 Å². The van der Waals surface area contributed by atoms with E-state index in [0.29, 0.717) is 11.1 Å². The van der Waals surface area contributed by atoms with Crippen molar-refractivity contribution in [3.63, 3.8) is 0 Å². The van der Waals surface area contributed by atoms with Gasteiger partial charge in [-0.3, -0.25) is 24.0 Å². The van der Waals surface area contributed by atoms with Gasteiger partial charge in [-0.15, -0.1) is 0 Å². The first-order chi connectivity index (χ1) is 27.2. The fraction of sp³-hybridized carbons (Fsp3) is 0.286. The van der Waals surface area contributed by atoms with Crippen molar-refractivity contribution in [2.24, 2.45) is 5.73 Å². The van der Waals surface area contributed by atoms with Crippen molar-refractivity contribution in [2.75, 3.05) is 26.7 Å². The number of likely N-dealkylation sites (N-methyl/N-ethyl adjacent to an activating group) is 1. The molecule has 4 bridgehead atoms. The number of nitrogens with one attached hydrogen (secondary N) is 4. The number of nitrogens with zero attached hydrogens (tertiary/aromatic N) is 1. The largest absolute Gasteiger partial charge is 0.507 e. The summed E-state index contributed by atoms with van der Waals surface area (Å²) in [6.07, 6.45) is 3.12. The predicted molar refractivity (Wildman–Crippen MR) is 211 cm³/mol. The van der Waals surface area contributed by atoms with Crippen LogP contribution in [0.5, 0.6) is 11.5 Å². The molecule has 4 aromatic rings. The minimum absolute atomic E-state index is 0.0863. The molecule has 3 atom stereocenters. The van der Waals surface area contributed by atoms with E-state index in [0.717, 1.165) is 35.3 Å². The number of carbonyl (C=O) groups excluding carboxylic acids is 5. The van der Waals surface area contributed by atoms with Gasteiger partial charge < -0.3 is 47.2 Å². The molecule has 4 aromatic carbocycles. The summed E-state index contributed by atoms with van der Waals surface area (Å²) in [5.41, 5.74) is 10.4.